The highest BCUT2D eigenvalue weighted by atomic mass is 31.1. The molecule has 1 N–H and O–H groups in total. The molecule has 1 amide bonds. The van der Waals surface area contributed by atoms with Crippen molar-refractivity contribution in [2.45, 2.75) is 25.9 Å². The third kappa shape index (κ3) is 4.63. The van der Waals surface area contributed by atoms with Crippen molar-refractivity contribution in [2.24, 2.45) is 0 Å². The van der Waals surface area contributed by atoms with E-state index in [2.05, 4.69) is 26.1 Å². The zero-order chi connectivity index (χ0) is 12.2. The van der Waals surface area contributed by atoms with Crippen LogP contribution in [0.4, 0.5) is 10.5 Å². The summed E-state index contributed by atoms with van der Waals surface area (Å²) < 4.78 is 5.04. The maximum Gasteiger partial charge on any atom is 0.242 e. The van der Waals surface area contributed by atoms with Crippen LogP contribution in [0.1, 0.15) is 20.8 Å². The minimum Gasteiger partial charge on any atom is -0.497 e. The van der Waals surface area contributed by atoms with E-state index in [-0.39, 0.29) is 19.4 Å². The van der Waals surface area contributed by atoms with Gasteiger partial charge in [0.25, 0.3) is 0 Å². The second kappa shape index (κ2) is 5.31. The molecule has 0 aromatic heterocycles. The van der Waals surface area contributed by atoms with Gasteiger partial charge in [-0.1, -0.05) is 20.8 Å². The molecule has 0 radical (unpaired) electrons. The molecule has 16 heavy (non-hydrogen) atoms. The quantitative estimate of drug-likeness (QED) is 0.816. The highest BCUT2D eigenvalue weighted by Gasteiger charge is 2.15. The zero-order valence-electron chi connectivity index (χ0n) is 10.1. The smallest absolute Gasteiger partial charge is 0.242 e. The second-order valence-corrected chi connectivity index (χ2v) is 6.76. The Morgan fingerprint density at radius 2 is 1.81 bits per heavy atom. The summed E-state index contributed by atoms with van der Waals surface area (Å²) in [5.74, 6) is 0.788. The number of methoxy groups -OCH3 is 1. The van der Waals surface area contributed by atoms with Crippen molar-refractivity contribution in [1.82, 2.24) is 0 Å². The van der Waals surface area contributed by atoms with Gasteiger partial charge in [-0.15, -0.1) is 0 Å². The van der Waals surface area contributed by atoms with Crippen molar-refractivity contribution in [1.29, 1.82) is 0 Å². The van der Waals surface area contributed by atoms with E-state index >= 15 is 0 Å². The highest BCUT2D eigenvalue weighted by Crippen LogP contribution is 2.32. The monoisotopic (exact) mass is 239 g/mol. The molecule has 4 heteroatoms. The number of ether oxygens (including phenoxy) is 1. The maximum absolute atomic E-state index is 11.7. The molecule has 1 rings (SSSR count). The van der Waals surface area contributed by atoms with Gasteiger partial charge in [-0.05, 0) is 38.0 Å². The summed E-state index contributed by atoms with van der Waals surface area (Å²) in [5, 5.41) is 2.91. The number of hydrogen-bond donors (Lipinski definition) is 1. The Morgan fingerprint density at radius 3 is 2.25 bits per heavy atom. The molecule has 0 fully saturated rings. The Morgan fingerprint density at radius 1 is 1.25 bits per heavy atom. The lowest BCUT2D eigenvalue weighted by atomic mass is 10.3. The van der Waals surface area contributed by atoms with Crippen LogP contribution in [0, 0.1) is 0 Å². The molecule has 0 aliphatic heterocycles. The Labute approximate surface area is 98.4 Å². The van der Waals surface area contributed by atoms with Gasteiger partial charge >= 0.3 is 0 Å². The first kappa shape index (κ1) is 13.0. The van der Waals surface area contributed by atoms with E-state index in [4.69, 9.17) is 4.74 Å². The Balaban J connectivity index is 2.56. The van der Waals surface area contributed by atoms with Crippen LogP contribution in [0.3, 0.4) is 0 Å². The molecule has 1 aromatic rings. The number of carbonyl (C=O) groups excluding carboxylic acids is 1. The van der Waals surface area contributed by atoms with Crippen LogP contribution in [-0.2, 0) is 0 Å². The molecule has 0 saturated carbocycles. The molecule has 1 atom stereocenters. The summed E-state index contributed by atoms with van der Waals surface area (Å²) in [6.07, 6.45) is 0. The molecule has 0 aliphatic carbocycles. The summed E-state index contributed by atoms with van der Waals surface area (Å²) in [7, 11) is 1.88. The van der Waals surface area contributed by atoms with Gasteiger partial charge in [0, 0.05) is 5.69 Å². The molecule has 1 aromatic carbocycles. The van der Waals surface area contributed by atoms with Crippen molar-refractivity contribution < 1.29 is 9.53 Å². The minimum absolute atomic E-state index is 0.0382. The number of hydrogen-bond acceptors (Lipinski definition) is 2. The zero-order valence-corrected chi connectivity index (χ0v) is 11.1. The lowest BCUT2D eigenvalue weighted by Crippen LogP contribution is -2.13. The Bertz CT molecular complexity index is 354. The standard InChI is InChI=1S/C12H18NO2P/c1-12(2,3)16-11(14)13-9-5-7-10(15-4)8-6-9/h5-8,16H,1-4H3,(H,13,14). The van der Waals surface area contributed by atoms with Crippen LogP contribution >= 0.6 is 8.58 Å². The molecule has 0 bridgehead atoms. The van der Waals surface area contributed by atoms with E-state index in [0.717, 1.165) is 11.4 Å². The molecule has 0 saturated heterocycles. The Hall–Kier alpha value is -1.08. The molecular weight excluding hydrogens is 221 g/mol. The summed E-state index contributed by atoms with van der Waals surface area (Å²) >= 11 is 0. The topological polar surface area (TPSA) is 38.3 Å². The summed E-state index contributed by atoms with van der Waals surface area (Å²) in [6.45, 7) is 6.16. The fraction of sp³-hybridized carbons (Fsp3) is 0.417. The average Bonchev–Trinajstić information content (AvgIpc) is 2.16. The number of nitrogens with one attached hydrogen (secondary N) is 1. The lowest BCUT2D eigenvalue weighted by Gasteiger charge is -2.17. The number of anilines is 1. The summed E-state index contributed by atoms with van der Waals surface area (Å²) in [4.78, 5) is 11.7. The first-order chi connectivity index (χ1) is 7.40. The fourth-order valence-corrected chi connectivity index (χ4v) is 2.07. The molecule has 0 aliphatic rings. The fourth-order valence-electron chi connectivity index (χ4n) is 1.18. The van der Waals surface area contributed by atoms with E-state index in [9.17, 15) is 4.79 Å². The van der Waals surface area contributed by atoms with E-state index < -0.39 is 0 Å². The van der Waals surface area contributed by atoms with Crippen LogP contribution in [0.25, 0.3) is 0 Å². The van der Waals surface area contributed by atoms with Crippen molar-refractivity contribution in [3.05, 3.63) is 24.3 Å². The SMILES string of the molecule is COc1ccc(NC(=O)PC(C)(C)C)cc1. The van der Waals surface area contributed by atoms with E-state index in [1.165, 1.54) is 0 Å². The maximum atomic E-state index is 11.7. The van der Waals surface area contributed by atoms with Crippen molar-refractivity contribution in [3.63, 3.8) is 0 Å². The number of rotatable bonds is 3. The van der Waals surface area contributed by atoms with Crippen LogP contribution in [0.5, 0.6) is 5.75 Å². The normalized spacial score (nSPS) is 11.8. The first-order valence-electron chi connectivity index (χ1n) is 5.14. The number of amides is 1. The molecule has 0 heterocycles. The van der Waals surface area contributed by atoms with Crippen LogP contribution < -0.4 is 10.1 Å². The van der Waals surface area contributed by atoms with Crippen molar-refractivity contribution in [2.75, 3.05) is 12.4 Å². The van der Waals surface area contributed by atoms with Gasteiger partial charge in [0.15, 0.2) is 0 Å². The van der Waals surface area contributed by atoms with Gasteiger partial charge in [-0.2, -0.15) is 0 Å². The predicted molar refractivity (Wildman–Crippen MR) is 70.1 cm³/mol. The predicted octanol–water partition coefficient (Wildman–Crippen LogP) is 3.70. The van der Waals surface area contributed by atoms with E-state index in [1.54, 1.807) is 7.11 Å². The first-order valence-corrected chi connectivity index (χ1v) is 6.14. The van der Waals surface area contributed by atoms with Crippen LogP contribution in [-0.4, -0.2) is 17.9 Å². The number of benzene rings is 1. The van der Waals surface area contributed by atoms with Gasteiger partial charge in [0.1, 0.15) is 5.75 Å². The minimum atomic E-state index is 0.0382. The van der Waals surface area contributed by atoms with Crippen molar-refractivity contribution in [3.8, 4) is 5.75 Å². The van der Waals surface area contributed by atoms with Crippen molar-refractivity contribution >= 4 is 19.9 Å². The summed E-state index contributed by atoms with van der Waals surface area (Å²) in [5.41, 5.74) is 0.875. The number of carbonyl (C=O) groups is 1. The van der Waals surface area contributed by atoms with Crippen LogP contribution in [0.2, 0.25) is 0 Å². The van der Waals surface area contributed by atoms with Crippen LogP contribution in [0.15, 0.2) is 24.3 Å². The molecule has 0 spiro atoms. The molecule has 1 unspecified atom stereocenters. The lowest BCUT2D eigenvalue weighted by molar-refractivity contribution is 0.269. The second-order valence-electron chi connectivity index (χ2n) is 4.56. The highest BCUT2D eigenvalue weighted by molar-refractivity contribution is 7.59. The molecular formula is C12H18NO2P. The Kier molecular flexibility index (Phi) is 4.31. The third-order valence-corrected chi connectivity index (χ3v) is 2.94. The largest absolute Gasteiger partial charge is 0.497 e. The molecule has 3 nitrogen and oxygen atoms in total. The van der Waals surface area contributed by atoms with Gasteiger partial charge in [-0.3, -0.25) is 4.79 Å². The average molecular weight is 239 g/mol. The van der Waals surface area contributed by atoms with E-state index in [0.29, 0.717) is 0 Å². The third-order valence-electron chi connectivity index (χ3n) is 1.84. The van der Waals surface area contributed by atoms with Gasteiger partial charge < -0.3 is 10.1 Å². The van der Waals surface area contributed by atoms with Gasteiger partial charge in [0.05, 0.1) is 7.11 Å². The van der Waals surface area contributed by atoms with E-state index in [1.807, 2.05) is 24.3 Å². The van der Waals surface area contributed by atoms with Gasteiger partial charge in [-0.25, -0.2) is 0 Å². The summed E-state index contributed by atoms with van der Waals surface area (Å²) in [6, 6.07) is 7.33. The molecule has 88 valence electrons. The van der Waals surface area contributed by atoms with Gasteiger partial charge in [0.2, 0.25) is 5.65 Å².